The Labute approximate surface area is 118 Å². The van der Waals surface area contributed by atoms with Gasteiger partial charge in [0.25, 0.3) is 0 Å². The summed E-state index contributed by atoms with van der Waals surface area (Å²) in [5.74, 6) is -0.758. The van der Waals surface area contributed by atoms with Gasteiger partial charge in [-0.25, -0.2) is 8.78 Å². The molecule has 0 aliphatic carbocycles. The maximum Gasteiger partial charge on any atom is 0.166 e. The van der Waals surface area contributed by atoms with Gasteiger partial charge in [-0.05, 0) is 37.3 Å². The van der Waals surface area contributed by atoms with Gasteiger partial charge in [-0.3, -0.25) is 0 Å². The average Bonchev–Trinajstić information content (AvgIpc) is 2.32. The van der Waals surface area contributed by atoms with Crippen molar-refractivity contribution in [3.63, 3.8) is 0 Å². The van der Waals surface area contributed by atoms with Crippen molar-refractivity contribution in [2.45, 2.75) is 13.0 Å². The Morgan fingerprint density at radius 1 is 1.11 bits per heavy atom. The Morgan fingerprint density at radius 2 is 1.84 bits per heavy atom. The first-order valence-corrected chi connectivity index (χ1v) is 6.45. The molecule has 0 unspecified atom stereocenters. The van der Waals surface area contributed by atoms with Crippen molar-refractivity contribution in [1.29, 1.82) is 0 Å². The van der Waals surface area contributed by atoms with Crippen LogP contribution in [0.1, 0.15) is 18.5 Å². The van der Waals surface area contributed by atoms with Crippen LogP contribution in [0.3, 0.4) is 0 Å². The minimum absolute atomic E-state index is 0.0238. The monoisotopic (exact) mass is 327 g/mol. The van der Waals surface area contributed by atoms with Crippen molar-refractivity contribution in [3.05, 3.63) is 58.1 Å². The zero-order valence-electron chi connectivity index (χ0n) is 10.2. The van der Waals surface area contributed by atoms with Gasteiger partial charge < -0.3 is 10.5 Å². The van der Waals surface area contributed by atoms with E-state index in [4.69, 9.17) is 10.5 Å². The van der Waals surface area contributed by atoms with Crippen LogP contribution in [0, 0.1) is 11.6 Å². The van der Waals surface area contributed by atoms with E-state index < -0.39 is 17.7 Å². The molecule has 0 saturated carbocycles. The lowest BCUT2D eigenvalue weighted by Gasteiger charge is -2.14. The van der Waals surface area contributed by atoms with Crippen LogP contribution >= 0.6 is 15.9 Å². The second-order valence-electron chi connectivity index (χ2n) is 4.12. The van der Waals surface area contributed by atoms with E-state index in [-0.39, 0.29) is 17.1 Å². The molecule has 2 aromatic rings. The number of rotatable bonds is 3. The maximum absolute atomic E-state index is 13.7. The maximum atomic E-state index is 13.7. The molecule has 2 rings (SSSR count). The predicted molar refractivity (Wildman–Crippen MR) is 73.2 cm³/mol. The summed E-state index contributed by atoms with van der Waals surface area (Å²) in [6.07, 6.45) is 0. The van der Waals surface area contributed by atoms with Gasteiger partial charge in [-0.15, -0.1) is 0 Å². The van der Waals surface area contributed by atoms with Gasteiger partial charge >= 0.3 is 0 Å². The van der Waals surface area contributed by atoms with Crippen molar-refractivity contribution < 1.29 is 13.5 Å². The molecule has 0 bridgehead atoms. The molecule has 2 N–H and O–H groups in total. The van der Waals surface area contributed by atoms with E-state index in [1.54, 1.807) is 19.1 Å². The van der Waals surface area contributed by atoms with E-state index in [1.165, 1.54) is 24.3 Å². The zero-order valence-corrected chi connectivity index (χ0v) is 11.7. The van der Waals surface area contributed by atoms with E-state index >= 15 is 0 Å². The molecular weight excluding hydrogens is 316 g/mol. The summed E-state index contributed by atoms with van der Waals surface area (Å²) in [6.45, 7) is 1.64. The quantitative estimate of drug-likeness (QED) is 0.898. The number of nitrogens with two attached hydrogens (primary N) is 1. The van der Waals surface area contributed by atoms with Crippen molar-refractivity contribution >= 4 is 15.9 Å². The number of halogens is 3. The Morgan fingerprint density at radius 3 is 2.47 bits per heavy atom. The molecule has 2 aromatic carbocycles. The summed E-state index contributed by atoms with van der Waals surface area (Å²) in [5, 5.41) is 0. The molecule has 5 heteroatoms. The van der Waals surface area contributed by atoms with Crippen LogP contribution in [0.5, 0.6) is 11.5 Å². The largest absolute Gasteiger partial charge is 0.454 e. The van der Waals surface area contributed by atoms with Crippen molar-refractivity contribution in [3.8, 4) is 11.5 Å². The van der Waals surface area contributed by atoms with Crippen LogP contribution in [-0.2, 0) is 0 Å². The first-order valence-electron chi connectivity index (χ1n) is 5.66. The average molecular weight is 328 g/mol. The van der Waals surface area contributed by atoms with Gasteiger partial charge in [0.05, 0.1) is 0 Å². The lowest BCUT2D eigenvalue weighted by atomic mass is 10.1. The van der Waals surface area contributed by atoms with Crippen molar-refractivity contribution in [2.75, 3.05) is 0 Å². The molecule has 0 fully saturated rings. The third-order valence-electron chi connectivity index (χ3n) is 2.58. The SMILES string of the molecule is C[C@@H](N)c1c(F)cccc1Oc1ccc(Br)cc1F. The van der Waals surface area contributed by atoms with Gasteiger partial charge in [-0.1, -0.05) is 22.0 Å². The zero-order chi connectivity index (χ0) is 14.0. The number of benzene rings is 2. The van der Waals surface area contributed by atoms with Gasteiger partial charge in [0.1, 0.15) is 11.6 Å². The molecule has 0 aromatic heterocycles. The predicted octanol–water partition coefficient (Wildman–Crippen LogP) is 4.54. The van der Waals surface area contributed by atoms with Crippen LogP contribution in [0.25, 0.3) is 0 Å². The molecule has 1 atom stereocenters. The highest BCUT2D eigenvalue weighted by atomic mass is 79.9. The summed E-state index contributed by atoms with van der Waals surface area (Å²) in [5.41, 5.74) is 5.94. The van der Waals surface area contributed by atoms with Crippen LogP contribution in [0.15, 0.2) is 40.9 Å². The van der Waals surface area contributed by atoms with Crippen LogP contribution < -0.4 is 10.5 Å². The second-order valence-corrected chi connectivity index (χ2v) is 5.03. The number of hydrogen-bond acceptors (Lipinski definition) is 2. The highest BCUT2D eigenvalue weighted by molar-refractivity contribution is 9.10. The van der Waals surface area contributed by atoms with E-state index in [0.717, 1.165) is 0 Å². The fourth-order valence-electron chi connectivity index (χ4n) is 1.72. The molecule has 0 aliphatic heterocycles. The molecule has 0 saturated heterocycles. The molecule has 0 aliphatic rings. The smallest absolute Gasteiger partial charge is 0.166 e. The molecule has 19 heavy (non-hydrogen) atoms. The lowest BCUT2D eigenvalue weighted by molar-refractivity contribution is 0.428. The number of ether oxygens (including phenoxy) is 1. The summed E-state index contributed by atoms with van der Waals surface area (Å²) >= 11 is 3.16. The summed E-state index contributed by atoms with van der Waals surface area (Å²) < 4.78 is 33.4. The molecule has 0 radical (unpaired) electrons. The third kappa shape index (κ3) is 3.11. The minimum atomic E-state index is -0.547. The Balaban J connectivity index is 2.41. The van der Waals surface area contributed by atoms with Gasteiger partial charge in [0.15, 0.2) is 11.6 Å². The first-order chi connectivity index (χ1) is 8.99. The molecule has 2 nitrogen and oxygen atoms in total. The second kappa shape index (κ2) is 5.67. The highest BCUT2D eigenvalue weighted by Gasteiger charge is 2.15. The molecule has 0 amide bonds. The Kier molecular flexibility index (Phi) is 4.17. The normalized spacial score (nSPS) is 12.3. The van der Waals surface area contributed by atoms with E-state index in [9.17, 15) is 8.78 Å². The van der Waals surface area contributed by atoms with Crippen LogP contribution in [0.4, 0.5) is 8.78 Å². The Bertz CT molecular complexity index is 602. The molecular formula is C14H12BrF2NO. The van der Waals surface area contributed by atoms with Crippen LogP contribution in [-0.4, -0.2) is 0 Å². The van der Waals surface area contributed by atoms with E-state index in [1.807, 2.05) is 0 Å². The van der Waals surface area contributed by atoms with Crippen LogP contribution in [0.2, 0.25) is 0 Å². The first kappa shape index (κ1) is 14.0. The fourth-order valence-corrected chi connectivity index (χ4v) is 2.06. The fraction of sp³-hybridized carbons (Fsp3) is 0.143. The summed E-state index contributed by atoms with van der Waals surface area (Å²) in [4.78, 5) is 0. The molecule has 100 valence electrons. The molecule has 0 spiro atoms. The Hall–Kier alpha value is -1.46. The van der Waals surface area contributed by atoms with Crippen molar-refractivity contribution in [1.82, 2.24) is 0 Å². The van der Waals surface area contributed by atoms with Crippen molar-refractivity contribution in [2.24, 2.45) is 5.73 Å². The number of hydrogen-bond donors (Lipinski definition) is 1. The van der Waals surface area contributed by atoms with E-state index in [0.29, 0.717) is 4.47 Å². The van der Waals surface area contributed by atoms with E-state index in [2.05, 4.69) is 15.9 Å². The highest BCUT2D eigenvalue weighted by Crippen LogP contribution is 2.32. The van der Waals surface area contributed by atoms with Gasteiger partial charge in [0, 0.05) is 16.1 Å². The molecule has 0 heterocycles. The summed E-state index contributed by atoms with van der Waals surface area (Å²) in [6, 6.07) is 8.19. The lowest BCUT2D eigenvalue weighted by Crippen LogP contribution is -2.09. The standard InChI is InChI=1S/C14H12BrF2NO/c1-8(18)14-10(16)3-2-4-13(14)19-12-6-5-9(15)7-11(12)17/h2-8H,18H2,1H3/t8-/m1/s1. The van der Waals surface area contributed by atoms with Gasteiger partial charge in [-0.2, -0.15) is 0 Å². The third-order valence-corrected chi connectivity index (χ3v) is 3.08. The summed E-state index contributed by atoms with van der Waals surface area (Å²) in [7, 11) is 0. The minimum Gasteiger partial charge on any atom is -0.454 e. The topological polar surface area (TPSA) is 35.2 Å². The van der Waals surface area contributed by atoms with Gasteiger partial charge in [0.2, 0.25) is 0 Å².